The molecule has 0 atom stereocenters. The monoisotopic (exact) mass is 320 g/mol. The molecule has 0 bridgehead atoms. The van der Waals surface area contributed by atoms with E-state index in [0.29, 0.717) is 16.8 Å². The summed E-state index contributed by atoms with van der Waals surface area (Å²) in [6.07, 6.45) is 5.21. The van der Waals surface area contributed by atoms with E-state index in [9.17, 15) is 9.59 Å². The number of benzene rings is 1. The Morgan fingerprint density at radius 3 is 2.62 bits per heavy atom. The Kier molecular flexibility index (Phi) is 4.11. The van der Waals surface area contributed by atoms with Crippen LogP contribution in [-0.4, -0.2) is 21.8 Å². The Morgan fingerprint density at radius 2 is 1.96 bits per heavy atom. The first-order valence-corrected chi connectivity index (χ1v) is 7.36. The third kappa shape index (κ3) is 3.17. The van der Waals surface area contributed by atoms with Crippen LogP contribution in [0.1, 0.15) is 18.1 Å². The molecule has 120 valence electrons. The first-order valence-electron chi connectivity index (χ1n) is 7.36. The van der Waals surface area contributed by atoms with Crippen molar-refractivity contribution in [2.45, 2.75) is 6.92 Å². The molecule has 0 aliphatic carbocycles. The van der Waals surface area contributed by atoms with Crippen LogP contribution in [0.3, 0.4) is 0 Å². The maximum Gasteiger partial charge on any atom is 0.249 e. The van der Waals surface area contributed by atoms with E-state index in [2.05, 4.69) is 15.3 Å². The fraction of sp³-hybridized carbons (Fsp3) is 0.0556. The normalized spacial score (nSPS) is 11.5. The fourth-order valence-electron chi connectivity index (χ4n) is 2.49. The van der Waals surface area contributed by atoms with Gasteiger partial charge in [-0.15, -0.1) is 0 Å². The van der Waals surface area contributed by atoms with Crippen molar-refractivity contribution in [1.82, 2.24) is 9.97 Å². The molecule has 0 aliphatic rings. The van der Waals surface area contributed by atoms with Gasteiger partial charge in [0.2, 0.25) is 11.8 Å². The van der Waals surface area contributed by atoms with Crippen molar-refractivity contribution in [3.05, 3.63) is 59.9 Å². The number of carbonyl (C=O) groups excluding carboxylic acids is 2. The molecule has 6 heteroatoms. The summed E-state index contributed by atoms with van der Waals surface area (Å²) in [5, 5.41) is 3.59. The number of fused-ring (bicyclic) bond motifs is 1. The van der Waals surface area contributed by atoms with E-state index in [1.807, 2.05) is 12.1 Å². The van der Waals surface area contributed by atoms with Gasteiger partial charge in [-0.3, -0.25) is 9.59 Å². The average Bonchev–Trinajstić information content (AvgIpc) is 2.96. The number of hydrogen-bond donors (Lipinski definition) is 3. The van der Waals surface area contributed by atoms with Crippen LogP contribution in [0, 0.1) is 0 Å². The number of primary amides is 1. The molecule has 2 aromatic heterocycles. The Hall–Kier alpha value is -3.41. The van der Waals surface area contributed by atoms with E-state index in [0.717, 1.165) is 16.6 Å². The van der Waals surface area contributed by atoms with Crippen molar-refractivity contribution in [2.75, 3.05) is 5.32 Å². The zero-order valence-electron chi connectivity index (χ0n) is 13.0. The molecule has 3 rings (SSSR count). The van der Waals surface area contributed by atoms with E-state index in [1.54, 1.807) is 42.7 Å². The van der Waals surface area contributed by atoms with E-state index in [4.69, 9.17) is 5.73 Å². The Bertz CT molecular complexity index is 939. The minimum Gasteiger partial charge on any atom is -0.366 e. The van der Waals surface area contributed by atoms with Crippen molar-refractivity contribution in [3.8, 4) is 0 Å². The topological polar surface area (TPSA) is 101 Å². The molecular weight excluding hydrogens is 304 g/mol. The van der Waals surface area contributed by atoms with Gasteiger partial charge in [-0.2, -0.15) is 0 Å². The number of aromatic amines is 1. The van der Waals surface area contributed by atoms with Crippen LogP contribution in [0.25, 0.3) is 22.7 Å². The summed E-state index contributed by atoms with van der Waals surface area (Å²) in [4.78, 5) is 30.2. The minimum absolute atomic E-state index is 0.153. The third-order valence-electron chi connectivity index (χ3n) is 3.56. The number of nitrogens with zero attached hydrogens (tertiary/aromatic N) is 1. The standard InChI is InChI=1S/C18H16N4O2/c1-11(23)22-14-6-4-12(5-7-14)16(17(19)24)9-13-10-21-18-15(13)3-2-8-20-18/h2-10H,1H3,(H2,19,24)(H,20,21)(H,22,23). The SMILES string of the molecule is CC(=O)Nc1ccc(C(=Cc2c[nH]c3ncccc23)C(N)=O)cc1. The number of nitrogens with one attached hydrogen (secondary N) is 2. The van der Waals surface area contributed by atoms with Crippen LogP contribution in [0.2, 0.25) is 0 Å². The number of nitrogens with two attached hydrogens (primary N) is 1. The predicted octanol–water partition coefficient (Wildman–Crippen LogP) is 2.55. The number of carbonyl (C=O) groups is 2. The molecule has 0 saturated carbocycles. The molecule has 0 aliphatic heterocycles. The summed E-state index contributed by atoms with van der Waals surface area (Å²) in [5.74, 6) is -0.680. The highest BCUT2D eigenvalue weighted by atomic mass is 16.1. The molecule has 6 nitrogen and oxygen atoms in total. The maximum atomic E-state index is 11.9. The number of aromatic nitrogens is 2. The highest BCUT2D eigenvalue weighted by molar-refractivity contribution is 6.24. The van der Waals surface area contributed by atoms with Crippen molar-refractivity contribution in [2.24, 2.45) is 5.73 Å². The molecule has 2 amide bonds. The smallest absolute Gasteiger partial charge is 0.249 e. The van der Waals surface area contributed by atoms with Gasteiger partial charge in [-0.25, -0.2) is 4.98 Å². The zero-order valence-corrected chi connectivity index (χ0v) is 13.0. The first-order chi connectivity index (χ1) is 11.5. The highest BCUT2D eigenvalue weighted by Gasteiger charge is 2.11. The van der Waals surface area contributed by atoms with E-state index in [1.165, 1.54) is 6.92 Å². The maximum absolute atomic E-state index is 11.9. The Balaban J connectivity index is 2.01. The van der Waals surface area contributed by atoms with Gasteiger partial charge in [0.1, 0.15) is 5.65 Å². The molecule has 0 spiro atoms. The molecular formula is C18H16N4O2. The van der Waals surface area contributed by atoms with Gasteiger partial charge in [0, 0.05) is 41.5 Å². The second-order valence-electron chi connectivity index (χ2n) is 5.32. The number of amides is 2. The van der Waals surface area contributed by atoms with Crippen molar-refractivity contribution >= 4 is 40.2 Å². The lowest BCUT2D eigenvalue weighted by Gasteiger charge is -2.06. The molecule has 24 heavy (non-hydrogen) atoms. The summed E-state index contributed by atoms with van der Waals surface area (Å²) >= 11 is 0. The number of pyridine rings is 1. The summed E-state index contributed by atoms with van der Waals surface area (Å²) in [6.45, 7) is 1.44. The van der Waals surface area contributed by atoms with Crippen molar-refractivity contribution < 1.29 is 9.59 Å². The number of anilines is 1. The number of H-pyrrole nitrogens is 1. The van der Waals surface area contributed by atoms with Gasteiger partial charge < -0.3 is 16.0 Å². The van der Waals surface area contributed by atoms with E-state index < -0.39 is 5.91 Å². The Labute approximate surface area is 138 Å². The molecule has 0 radical (unpaired) electrons. The zero-order chi connectivity index (χ0) is 17.1. The summed E-state index contributed by atoms with van der Waals surface area (Å²) in [5.41, 5.74) is 8.84. The van der Waals surface area contributed by atoms with Crippen LogP contribution in [-0.2, 0) is 9.59 Å². The minimum atomic E-state index is -0.527. The van der Waals surface area contributed by atoms with Crippen molar-refractivity contribution in [1.29, 1.82) is 0 Å². The lowest BCUT2D eigenvalue weighted by Crippen LogP contribution is -2.13. The molecule has 1 aromatic carbocycles. The van der Waals surface area contributed by atoms with Crippen LogP contribution < -0.4 is 11.1 Å². The van der Waals surface area contributed by atoms with Gasteiger partial charge in [0.15, 0.2) is 0 Å². The molecule has 2 heterocycles. The largest absolute Gasteiger partial charge is 0.366 e. The number of hydrogen-bond acceptors (Lipinski definition) is 3. The lowest BCUT2D eigenvalue weighted by atomic mass is 10.0. The average molecular weight is 320 g/mol. The quantitative estimate of drug-likeness (QED) is 0.644. The molecule has 4 N–H and O–H groups in total. The lowest BCUT2D eigenvalue weighted by molar-refractivity contribution is -0.114. The van der Waals surface area contributed by atoms with Gasteiger partial charge in [-0.05, 0) is 35.9 Å². The summed E-state index contributed by atoms with van der Waals surface area (Å²) in [7, 11) is 0. The number of rotatable bonds is 4. The summed E-state index contributed by atoms with van der Waals surface area (Å²) < 4.78 is 0. The third-order valence-corrected chi connectivity index (χ3v) is 3.56. The van der Waals surface area contributed by atoms with Gasteiger partial charge in [0.05, 0.1) is 0 Å². The molecule has 0 unspecified atom stereocenters. The molecule has 0 fully saturated rings. The van der Waals surface area contributed by atoms with Crippen LogP contribution >= 0.6 is 0 Å². The van der Waals surface area contributed by atoms with Gasteiger partial charge >= 0.3 is 0 Å². The van der Waals surface area contributed by atoms with Gasteiger partial charge in [-0.1, -0.05) is 12.1 Å². The van der Waals surface area contributed by atoms with E-state index in [-0.39, 0.29) is 5.91 Å². The van der Waals surface area contributed by atoms with E-state index >= 15 is 0 Å². The predicted molar refractivity (Wildman–Crippen MR) is 93.9 cm³/mol. The van der Waals surface area contributed by atoms with Crippen LogP contribution in [0.4, 0.5) is 5.69 Å². The van der Waals surface area contributed by atoms with Gasteiger partial charge in [0.25, 0.3) is 0 Å². The first kappa shape index (κ1) is 15.5. The highest BCUT2D eigenvalue weighted by Crippen LogP contribution is 2.24. The molecule has 0 saturated heterocycles. The second-order valence-corrected chi connectivity index (χ2v) is 5.32. The fourth-order valence-corrected chi connectivity index (χ4v) is 2.49. The second kappa shape index (κ2) is 6.37. The Morgan fingerprint density at radius 1 is 1.21 bits per heavy atom. The van der Waals surface area contributed by atoms with Crippen LogP contribution in [0.5, 0.6) is 0 Å². The summed E-state index contributed by atoms with van der Waals surface area (Å²) in [6, 6.07) is 10.7. The molecule has 3 aromatic rings. The van der Waals surface area contributed by atoms with Crippen LogP contribution in [0.15, 0.2) is 48.8 Å². The van der Waals surface area contributed by atoms with Crippen molar-refractivity contribution in [3.63, 3.8) is 0 Å².